The smallest absolute Gasteiger partial charge is 0.161 e. The van der Waals surface area contributed by atoms with Gasteiger partial charge in [-0.15, -0.1) is 0 Å². The first-order chi connectivity index (χ1) is 16.7. The minimum atomic E-state index is 0.0683. The third kappa shape index (κ3) is 4.24. The lowest BCUT2D eigenvalue weighted by Gasteiger charge is -2.26. The van der Waals surface area contributed by atoms with Gasteiger partial charge in [0.1, 0.15) is 18.0 Å². The van der Waals surface area contributed by atoms with Crippen molar-refractivity contribution in [2.24, 2.45) is 7.05 Å². The van der Waals surface area contributed by atoms with Crippen molar-refractivity contribution in [3.8, 4) is 17.2 Å². The number of aryl methyl sites for hydroxylation is 1. The number of nitrogens with zero attached hydrogens (tertiary/aromatic N) is 2. The summed E-state index contributed by atoms with van der Waals surface area (Å²) in [6, 6.07) is 16.4. The Balaban J connectivity index is 1.44. The van der Waals surface area contributed by atoms with E-state index in [4.69, 9.17) is 14.2 Å². The summed E-state index contributed by atoms with van der Waals surface area (Å²) in [5, 5.41) is 4.64. The summed E-state index contributed by atoms with van der Waals surface area (Å²) in [6.45, 7) is 1.40. The molecule has 0 spiro atoms. The van der Waals surface area contributed by atoms with E-state index in [1.54, 1.807) is 20.4 Å². The van der Waals surface area contributed by atoms with Crippen LogP contribution in [-0.4, -0.2) is 30.3 Å². The summed E-state index contributed by atoms with van der Waals surface area (Å²) in [5.74, 6) is 2.34. The van der Waals surface area contributed by atoms with Gasteiger partial charge in [0.05, 0.1) is 25.6 Å². The van der Waals surface area contributed by atoms with Gasteiger partial charge in [-0.25, -0.2) is 4.98 Å². The number of nitrogens with one attached hydrogen (secondary N) is 1. The molecule has 3 heterocycles. The van der Waals surface area contributed by atoms with Gasteiger partial charge in [-0.2, -0.15) is 0 Å². The third-order valence-corrected chi connectivity index (χ3v) is 6.29. The topological polar surface area (TPSA) is 57.5 Å². The lowest BCUT2D eigenvalue weighted by molar-refractivity contribution is 0.283. The van der Waals surface area contributed by atoms with Crippen molar-refractivity contribution < 1.29 is 14.2 Å². The molecule has 0 saturated heterocycles. The van der Waals surface area contributed by atoms with Crippen LogP contribution in [0.1, 0.15) is 28.3 Å². The number of rotatable bonds is 7. The molecule has 5 rings (SSSR count). The predicted octanol–water partition coefficient (Wildman–Crippen LogP) is 5.07. The van der Waals surface area contributed by atoms with Gasteiger partial charge in [0.2, 0.25) is 0 Å². The van der Waals surface area contributed by atoms with Crippen LogP contribution in [0.4, 0.5) is 0 Å². The summed E-state index contributed by atoms with van der Waals surface area (Å²) in [6.07, 6.45) is 9.14. The van der Waals surface area contributed by atoms with Gasteiger partial charge in [0, 0.05) is 31.5 Å². The van der Waals surface area contributed by atoms with Gasteiger partial charge in [-0.3, -0.25) is 0 Å². The molecule has 1 N–H and O–H groups in total. The van der Waals surface area contributed by atoms with E-state index in [-0.39, 0.29) is 6.04 Å². The van der Waals surface area contributed by atoms with Crippen LogP contribution in [0.3, 0.4) is 0 Å². The lowest BCUT2D eigenvalue weighted by Crippen LogP contribution is -2.28. The van der Waals surface area contributed by atoms with E-state index >= 15 is 0 Å². The van der Waals surface area contributed by atoms with Gasteiger partial charge in [-0.05, 0) is 41.3 Å². The number of pyridine rings is 1. The zero-order valence-electron chi connectivity index (χ0n) is 19.7. The average Bonchev–Trinajstić information content (AvgIpc) is 3.21. The first-order valence-corrected chi connectivity index (χ1v) is 11.4. The molecule has 0 radical (unpaired) electrons. The largest absolute Gasteiger partial charge is 0.496 e. The fraction of sp³-hybridized carbons (Fsp3) is 0.250. The number of fused-ring (bicyclic) bond motifs is 2. The Bertz CT molecular complexity index is 1330. The normalized spacial score (nSPS) is 15.4. The number of hydrogen-bond acceptors (Lipinski definition) is 5. The molecule has 6 heteroatoms. The van der Waals surface area contributed by atoms with Gasteiger partial charge >= 0.3 is 0 Å². The fourth-order valence-electron chi connectivity index (χ4n) is 4.58. The zero-order valence-corrected chi connectivity index (χ0v) is 19.7. The number of hydrogen-bond donors (Lipinski definition) is 1. The summed E-state index contributed by atoms with van der Waals surface area (Å²) in [7, 11) is 5.38. The predicted molar refractivity (Wildman–Crippen MR) is 135 cm³/mol. The summed E-state index contributed by atoms with van der Waals surface area (Å²) in [4.78, 5) is 4.52. The molecular formula is C28H29N3O3. The van der Waals surface area contributed by atoms with Crippen LogP contribution in [0.5, 0.6) is 17.2 Å². The Morgan fingerprint density at radius 3 is 2.68 bits per heavy atom. The highest BCUT2D eigenvalue weighted by Gasteiger charge is 2.21. The van der Waals surface area contributed by atoms with Crippen molar-refractivity contribution in [2.75, 3.05) is 20.8 Å². The van der Waals surface area contributed by atoms with E-state index < -0.39 is 0 Å². The van der Waals surface area contributed by atoms with Crippen LogP contribution in [-0.2, 0) is 20.1 Å². The van der Waals surface area contributed by atoms with Gasteiger partial charge < -0.3 is 24.1 Å². The lowest BCUT2D eigenvalue weighted by atomic mass is 9.93. The quantitative estimate of drug-likeness (QED) is 0.422. The summed E-state index contributed by atoms with van der Waals surface area (Å²) < 4.78 is 19.5. The second-order valence-corrected chi connectivity index (χ2v) is 8.42. The second kappa shape index (κ2) is 9.61. The Morgan fingerprint density at radius 1 is 1.06 bits per heavy atom. The maximum atomic E-state index is 6.13. The first kappa shape index (κ1) is 22.0. The van der Waals surface area contributed by atoms with E-state index in [2.05, 4.69) is 52.9 Å². The minimum Gasteiger partial charge on any atom is -0.496 e. The highest BCUT2D eigenvalue weighted by Crippen LogP contribution is 2.37. The van der Waals surface area contributed by atoms with Crippen molar-refractivity contribution in [3.05, 3.63) is 89.3 Å². The number of benzene rings is 2. The van der Waals surface area contributed by atoms with E-state index in [9.17, 15) is 0 Å². The highest BCUT2D eigenvalue weighted by molar-refractivity contribution is 5.92. The van der Waals surface area contributed by atoms with Crippen molar-refractivity contribution in [3.63, 3.8) is 0 Å². The Labute approximate surface area is 199 Å². The van der Waals surface area contributed by atoms with Crippen LogP contribution in [0.15, 0.2) is 67.0 Å². The van der Waals surface area contributed by atoms with Crippen molar-refractivity contribution in [1.82, 2.24) is 14.9 Å². The molecule has 1 aliphatic rings. The van der Waals surface area contributed by atoms with E-state index in [1.165, 1.54) is 11.1 Å². The molecule has 0 saturated carbocycles. The standard InChI is InChI=1S/C28H29N3O3/c1-31-17-21(27-24(32-2)12-14-30-28(27)31)9-10-23-22-16-25(33-3)26(15-20(22)11-13-29-23)34-18-19-7-5-4-6-8-19/h4-10,12,14-17,23,29H,11,13,18H2,1-3H3/b10-9+. The molecule has 0 bridgehead atoms. The summed E-state index contributed by atoms with van der Waals surface area (Å²) >= 11 is 0. The zero-order chi connectivity index (χ0) is 23.5. The SMILES string of the molecule is COc1cc2c(cc1OCc1ccccc1)CCNC2/C=C/c1cn(C)c2nccc(OC)c12. The first-order valence-electron chi connectivity index (χ1n) is 11.4. The molecule has 1 atom stereocenters. The number of aromatic nitrogens is 2. The molecule has 0 fully saturated rings. The number of methoxy groups -OCH3 is 2. The Morgan fingerprint density at radius 2 is 1.88 bits per heavy atom. The minimum absolute atomic E-state index is 0.0683. The van der Waals surface area contributed by atoms with Crippen molar-refractivity contribution in [1.29, 1.82) is 0 Å². The third-order valence-electron chi connectivity index (χ3n) is 6.29. The van der Waals surface area contributed by atoms with Crippen molar-refractivity contribution in [2.45, 2.75) is 19.1 Å². The summed E-state index contributed by atoms with van der Waals surface area (Å²) in [5.41, 5.74) is 5.58. The molecule has 174 valence electrons. The molecule has 4 aromatic rings. The molecule has 2 aromatic carbocycles. The monoisotopic (exact) mass is 455 g/mol. The molecule has 34 heavy (non-hydrogen) atoms. The van der Waals surface area contributed by atoms with Crippen LogP contribution < -0.4 is 19.5 Å². The molecule has 0 amide bonds. The molecule has 2 aromatic heterocycles. The molecule has 0 aliphatic carbocycles. The van der Waals surface area contributed by atoms with Crippen LogP contribution in [0, 0.1) is 0 Å². The maximum absolute atomic E-state index is 6.13. The van der Waals surface area contributed by atoms with Gasteiger partial charge in [0.15, 0.2) is 11.5 Å². The Kier molecular flexibility index (Phi) is 6.23. The van der Waals surface area contributed by atoms with Gasteiger partial charge in [0.25, 0.3) is 0 Å². The maximum Gasteiger partial charge on any atom is 0.161 e. The average molecular weight is 456 g/mol. The second-order valence-electron chi connectivity index (χ2n) is 8.42. The molecule has 6 nitrogen and oxygen atoms in total. The molecular weight excluding hydrogens is 426 g/mol. The van der Waals surface area contributed by atoms with E-state index in [0.29, 0.717) is 6.61 Å². The fourth-order valence-corrected chi connectivity index (χ4v) is 4.58. The van der Waals surface area contributed by atoms with Crippen LogP contribution in [0.2, 0.25) is 0 Å². The highest BCUT2D eigenvalue weighted by atomic mass is 16.5. The van der Waals surface area contributed by atoms with Crippen LogP contribution in [0.25, 0.3) is 17.1 Å². The number of ether oxygens (including phenoxy) is 3. The molecule has 1 unspecified atom stereocenters. The van der Waals surface area contributed by atoms with E-state index in [0.717, 1.165) is 52.4 Å². The van der Waals surface area contributed by atoms with Crippen LogP contribution >= 0.6 is 0 Å². The van der Waals surface area contributed by atoms with Crippen molar-refractivity contribution >= 4 is 17.1 Å². The van der Waals surface area contributed by atoms with Gasteiger partial charge in [-0.1, -0.05) is 42.5 Å². The Hall–Kier alpha value is -3.77. The van der Waals surface area contributed by atoms with E-state index in [1.807, 2.05) is 35.9 Å². The molecule has 1 aliphatic heterocycles.